The molecule has 2 aromatic carbocycles. The molecule has 2 aromatic rings. The summed E-state index contributed by atoms with van der Waals surface area (Å²) in [6.07, 6.45) is 1.21. The second-order valence-electron chi connectivity index (χ2n) is 6.00. The third-order valence-corrected chi connectivity index (χ3v) is 9.79. The van der Waals surface area contributed by atoms with Gasteiger partial charge in [-0.1, -0.05) is 36.0 Å². The number of nitrogens with one attached hydrogen (secondary N) is 1. The van der Waals surface area contributed by atoms with Gasteiger partial charge in [0.25, 0.3) is 15.9 Å². The fourth-order valence-corrected chi connectivity index (χ4v) is 7.49. The van der Waals surface area contributed by atoms with Crippen LogP contribution in [0.4, 0.5) is 8.78 Å². The van der Waals surface area contributed by atoms with Gasteiger partial charge in [-0.2, -0.15) is 8.78 Å². The van der Waals surface area contributed by atoms with Crippen LogP contribution >= 0.6 is 11.8 Å². The van der Waals surface area contributed by atoms with Crippen molar-refractivity contribution < 1.29 is 35.1 Å². The van der Waals surface area contributed by atoms with Gasteiger partial charge < -0.3 is 4.74 Å². The summed E-state index contributed by atoms with van der Waals surface area (Å²) in [5.74, 6) is -1.18. The largest absolute Gasteiger partial charge is 0.435 e. The van der Waals surface area contributed by atoms with E-state index in [-0.39, 0.29) is 26.9 Å². The predicted octanol–water partition coefficient (Wildman–Crippen LogP) is 3.13. The van der Waals surface area contributed by atoms with Gasteiger partial charge in [-0.05, 0) is 42.8 Å². The standard InChI is InChI=1S/C18H15F2NO6S3/c19-18(20)27-13-8-6-12(7-9-13)17(22)21-30(25,26)16-11-10-15(28-16)29(23,24)14-4-2-1-3-5-14/h1-9,11,15,18H,10H2,(H,21,22). The number of alkyl halides is 2. The van der Waals surface area contributed by atoms with Gasteiger partial charge >= 0.3 is 6.61 Å². The summed E-state index contributed by atoms with van der Waals surface area (Å²) in [6.45, 7) is -3.03. The summed E-state index contributed by atoms with van der Waals surface area (Å²) < 4.78 is 79.3. The maximum absolute atomic E-state index is 12.7. The van der Waals surface area contributed by atoms with E-state index < -0.39 is 37.0 Å². The van der Waals surface area contributed by atoms with Crippen molar-refractivity contribution in [3.05, 3.63) is 70.5 Å². The number of hydrogen-bond donors (Lipinski definition) is 1. The lowest BCUT2D eigenvalue weighted by Crippen LogP contribution is -2.30. The van der Waals surface area contributed by atoms with Crippen LogP contribution in [0, 0.1) is 0 Å². The highest BCUT2D eigenvalue weighted by Gasteiger charge is 2.36. The minimum absolute atomic E-state index is 0.0357. The molecule has 0 aromatic heterocycles. The van der Waals surface area contributed by atoms with Crippen LogP contribution < -0.4 is 9.46 Å². The van der Waals surface area contributed by atoms with Crippen LogP contribution in [-0.4, -0.2) is 33.9 Å². The Hall–Kier alpha value is -2.44. The fraction of sp³-hybridized carbons (Fsp3) is 0.167. The topological polar surface area (TPSA) is 107 Å². The first kappa shape index (κ1) is 22.2. The molecule has 1 N–H and O–H groups in total. The van der Waals surface area contributed by atoms with Gasteiger partial charge in [-0.15, -0.1) is 0 Å². The van der Waals surface area contributed by atoms with Gasteiger partial charge in [-0.25, -0.2) is 21.6 Å². The van der Waals surface area contributed by atoms with Gasteiger partial charge in [0.2, 0.25) is 0 Å². The van der Waals surface area contributed by atoms with Gasteiger partial charge in [0.15, 0.2) is 9.84 Å². The highest BCUT2D eigenvalue weighted by Crippen LogP contribution is 2.40. The smallest absolute Gasteiger partial charge is 0.387 e. The number of carbonyl (C=O) groups is 1. The molecule has 1 atom stereocenters. The molecule has 1 aliphatic heterocycles. The van der Waals surface area contributed by atoms with Crippen LogP contribution in [0.15, 0.2) is 69.8 Å². The zero-order valence-electron chi connectivity index (χ0n) is 15.1. The summed E-state index contributed by atoms with van der Waals surface area (Å²) in [7, 11) is -8.07. The van der Waals surface area contributed by atoms with E-state index in [1.807, 2.05) is 4.72 Å². The number of halogens is 2. The molecule has 1 aliphatic rings. The van der Waals surface area contributed by atoms with Crippen molar-refractivity contribution >= 4 is 37.5 Å². The van der Waals surface area contributed by atoms with Gasteiger partial charge in [0.05, 0.1) is 4.90 Å². The zero-order valence-corrected chi connectivity index (χ0v) is 17.5. The molecule has 0 bridgehead atoms. The summed E-state index contributed by atoms with van der Waals surface area (Å²) in [4.78, 5) is 12.3. The normalized spacial score (nSPS) is 16.9. The Balaban J connectivity index is 1.68. The quantitative estimate of drug-likeness (QED) is 0.656. The molecule has 0 radical (unpaired) electrons. The molecule has 3 rings (SSSR count). The van der Waals surface area contributed by atoms with E-state index >= 15 is 0 Å². The number of allylic oxidation sites excluding steroid dienone is 1. The number of ether oxygens (including phenoxy) is 1. The van der Waals surface area contributed by atoms with Gasteiger partial charge in [-0.3, -0.25) is 4.79 Å². The molecule has 160 valence electrons. The van der Waals surface area contributed by atoms with Crippen LogP contribution in [0.1, 0.15) is 16.8 Å². The maximum atomic E-state index is 12.7. The van der Waals surface area contributed by atoms with Crippen molar-refractivity contribution in [2.45, 2.75) is 22.5 Å². The fourth-order valence-electron chi connectivity index (χ4n) is 2.56. The summed E-state index contributed by atoms with van der Waals surface area (Å²) in [6, 6.07) is 12.1. The zero-order chi connectivity index (χ0) is 21.9. The first-order chi connectivity index (χ1) is 14.1. The van der Waals surface area contributed by atoms with Crippen molar-refractivity contribution in [3.63, 3.8) is 0 Å². The molecule has 0 spiro atoms. The lowest BCUT2D eigenvalue weighted by molar-refractivity contribution is -0.0498. The minimum atomic E-state index is -4.30. The van der Waals surface area contributed by atoms with Crippen molar-refractivity contribution in [3.8, 4) is 5.75 Å². The van der Waals surface area contributed by atoms with Crippen molar-refractivity contribution in [1.82, 2.24) is 4.72 Å². The molecule has 0 fully saturated rings. The lowest BCUT2D eigenvalue weighted by Gasteiger charge is -2.12. The highest BCUT2D eigenvalue weighted by atomic mass is 32.3. The number of rotatable bonds is 7. The van der Waals surface area contributed by atoms with E-state index in [0.717, 1.165) is 24.3 Å². The Morgan fingerprint density at radius 1 is 1.03 bits per heavy atom. The number of hydrogen-bond acceptors (Lipinski definition) is 7. The molecule has 1 amide bonds. The molecular weight excluding hydrogens is 460 g/mol. The van der Waals surface area contributed by atoms with Crippen LogP contribution in [-0.2, 0) is 19.9 Å². The first-order valence-corrected chi connectivity index (χ1v) is 12.3. The summed E-state index contributed by atoms with van der Waals surface area (Å²) in [5, 5.41) is 0. The second kappa shape index (κ2) is 8.74. The molecule has 12 heteroatoms. The van der Waals surface area contributed by atoms with Crippen molar-refractivity contribution in [2.24, 2.45) is 0 Å². The molecule has 0 aliphatic carbocycles. The number of amides is 1. The highest BCUT2D eigenvalue weighted by molar-refractivity contribution is 8.24. The average Bonchev–Trinajstić information content (AvgIpc) is 3.20. The van der Waals surface area contributed by atoms with E-state index in [0.29, 0.717) is 11.8 Å². The monoisotopic (exact) mass is 475 g/mol. The van der Waals surface area contributed by atoms with Crippen LogP contribution in [0.3, 0.4) is 0 Å². The molecule has 30 heavy (non-hydrogen) atoms. The van der Waals surface area contributed by atoms with E-state index in [9.17, 15) is 30.4 Å². The molecule has 1 unspecified atom stereocenters. The minimum Gasteiger partial charge on any atom is -0.435 e. The Morgan fingerprint density at radius 2 is 1.67 bits per heavy atom. The molecular formula is C18H15F2NO6S3. The van der Waals surface area contributed by atoms with Crippen molar-refractivity contribution in [2.75, 3.05) is 0 Å². The SMILES string of the molecule is O=C(NS(=O)(=O)C1=CCC(S(=O)(=O)c2ccccc2)S1)c1ccc(OC(F)F)cc1. The number of sulfone groups is 1. The molecule has 1 heterocycles. The lowest BCUT2D eigenvalue weighted by atomic mass is 10.2. The summed E-state index contributed by atoms with van der Waals surface area (Å²) >= 11 is 0.633. The number of carbonyl (C=O) groups excluding carboxylic acids is 1. The van der Waals surface area contributed by atoms with Gasteiger partial charge in [0, 0.05) is 5.56 Å². The second-order valence-corrected chi connectivity index (χ2v) is 11.6. The van der Waals surface area contributed by atoms with E-state index in [2.05, 4.69) is 4.74 Å². The summed E-state index contributed by atoms with van der Waals surface area (Å²) in [5.41, 5.74) is -0.0998. The van der Waals surface area contributed by atoms with Crippen LogP contribution in [0.2, 0.25) is 0 Å². The molecule has 7 nitrogen and oxygen atoms in total. The third-order valence-electron chi connectivity index (χ3n) is 3.98. The van der Waals surface area contributed by atoms with E-state index in [1.54, 1.807) is 18.2 Å². The molecule has 0 saturated carbocycles. The van der Waals surface area contributed by atoms with E-state index in [1.165, 1.54) is 18.2 Å². The van der Waals surface area contributed by atoms with E-state index in [4.69, 9.17) is 0 Å². The van der Waals surface area contributed by atoms with Crippen LogP contribution in [0.5, 0.6) is 5.75 Å². The first-order valence-electron chi connectivity index (χ1n) is 8.37. The Labute approximate surface area is 176 Å². The van der Waals surface area contributed by atoms with Gasteiger partial charge in [0.1, 0.15) is 14.6 Å². The number of benzene rings is 2. The molecule has 0 saturated heterocycles. The third kappa shape index (κ3) is 4.99. The predicted molar refractivity (Wildman–Crippen MR) is 107 cm³/mol. The Bertz CT molecular complexity index is 1160. The Morgan fingerprint density at radius 3 is 2.27 bits per heavy atom. The number of sulfonamides is 1. The van der Waals surface area contributed by atoms with Crippen LogP contribution in [0.25, 0.3) is 0 Å². The van der Waals surface area contributed by atoms with Crippen molar-refractivity contribution in [1.29, 1.82) is 0 Å². The Kier molecular flexibility index (Phi) is 6.48. The maximum Gasteiger partial charge on any atom is 0.387 e. The number of thioether (sulfide) groups is 1. The average molecular weight is 476 g/mol.